The van der Waals surface area contributed by atoms with E-state index in [0.717, 1.165) is 79.7 Å². The van der Waals surface area contributed by atoms with Crippen LogP contribution in [-0.2, 0) is 9.53 Å². The number of aliphatic hydroxyl groups excluding tert-OH is 1. The molecule has 1 unspecified atom stereocenters. The molecule has 2 aliphatic rings. The molecule has 0 saturated carbocycles. The second kappa shape index (κ2) is 18.3. The smallest absolute Gasteiger partial charge is 0.305 e. The van der Waals surface area contributed by atoms with Gasteiger partial charge in [-0.15, -0.1) is 11.3 Å². The number of aliphatic hydroxyl groups is 1. The monoisotopic (exact) mass is 709 g/mol. The summed E-state index contributed by atoms with van der Waals surface area (Å²) in [6, 6.07) is 3.19. The molecular weight excluding hydrogens is 663 g/mol. The molecule has 2 aliphatic heterocycles. The Bertz CT molecular complexity index is 1490. The first-order valence-electron chi connectivity index (χ1n) is 16.2. The van der Waals surface area contributed by atoms with Crippen molar-refractivity contribution in [1.82, 2.24) is 25.1 Å². The van der Waals surface area contributed by atoms with Crippen LogP contribution in [0.25, 0.3) is 10.2 Å². The van der Waals surface area contributed by atoms with Crippen LogP contribution in [0.15, 0.2) is 22.3 Å². The third-order valence-electron chi connectivity index (χ3n) is 8.48. The number of thiazole rings is 2. The van der Waals surface area contributed by atoms with E-state index >= 15 is 0 Å². The lowest BCUT2D eigenvalue weighted by molar-refractivity contribution is -0.127. The molecule has 4 heterocycles. The van der Waals surface area contributed by atoms with Gasteiger partial charge in [0.05, 0.1) is 34.6 Å². The fourth-order valence-electron chi connectivity index (χ4n) is 5.91. The Morgan fingerprint density at radius 2 is 1.96 bits per heavy atom. The summed E-state index contributed by atoms with van der Waals surface area (Å²) in [4.78, 5) is 44.6. The molecule has 2 saturated heterocycles. The number of ether oxygens (including phenoxy) is 1. The molecule has 47 heavy (non-hydrogen) atoms. The number of thioether (sulfide) groups is 1. The van der Waals surface area contributed by atoms with Gasteiger partial charge in [0.25, 0.3) is 12.4 Å². The number of nitrogens with zero attached hydrogens (tertiary/aromatic N) is 3. The molecule has 260 valence electrons. The quantitative estimate of drug-likeness (QED) is 0.121. The van der Waals surface area contributed by atoms with Gasteiger partial charge in [-0.1, -0.05) is 31.3 Å². The van der Waals surface area contributed by atoms with E-state index in [1.165, 1.54) is 12.5 Å². The largest absolute Gasteiger partial charge is 0.506 e. The molecule has 1 atom stereocenters. The Morgan fingerprint density at radius 1 is 1.21 bits per heavy atom. The number of unbranched alkanes of at least 4 members (excludes halogenated alkanes) is 1. The Morgan fingerprint density at radius 3 is 2.68 bits per heavy atom. The van der Waals surface area contributed by atoms with E-state index in [1.54, 1.807) is 17.4 Å². The van der Waals surface area contributed by atoms with E-state index in [-0.39, 0.29) is 28.6 Å². The maximum absolute atomic E-state index is 13.1. The number of hydrogen-bond donors (Lipinski definition) is 5. The van der Waals surface area contributed by atoms with Crippen molar-refractivity contribution in [3.05, 3.63) is 43.4 Å². The number of fused-ring (bicyclic) bond motifs is 1. The van der Waals surface area contributed by atoms with Crippen LogP contribution in [0.4, 0.5) is 0 Å². The lowest BCUT2D eigenvalue weighted by Crippen LogP contribution is -2.58. The van der Waals surface area contributed by atoms with Crippen LogP contribution >= 0.6 is 34.4 Å². The van der Waals surface area contributed by atoms with Gasteiger partial charge < -0.3 is 40.2 Å². The third-order valence-corrected chi connectivity index (χ3v) is 11.7. The minimum Gasteiger partial charge on any atom is -0.506 e. The number of phenolic OH excluding ortho intramolecular Hbond substituents is 1. The minimum absolute atomic E-state index is 0.0205. The maximum atomic E-state index is 13.1. The number of rotatable bonds is 14. The van der Waals surface area contributed by atoms with Crippen LogP contribution in [0, 0.1) is 0 Å². The van der Waals surface area contributed by atoms with Crippen molar-refractivity contribution < 1.29 is 29.6 Å². The predicted octanol–water partition coefficient (Wildman–Crippen LogP) is 4.11. The Kier molecular flexibility index (Phi) is 14.5. The number of H-pyrrole nitrogens is 1. The molecule has 0 bridgehead atoms. The second-order valence-corrected chi connectivity index (χ2v) is 15.3. The van der Waals surface area contributed by atoms with E-state index < -0.39 is 6.10 Å². The molecule has 1 amide bonds. The van der Waals surface area contributed by atoms with Gasteiger partial charge in [-0.2, -0.15) is 11.8 Å². The van der Waals surface area contributed by atoms with Crippen molar-refractivity contribution in [2.45, 2.75) is 63.6 Å². The van der Waals surface area contributed by atoms with Crippen molar-refractivity contribution >= 4 is 57.0 Å². The molecule has 1 spiro atoms. The average molecular weight is 710 g/mol. The Balaban J connectivity index is 0.00000160. The number of aromatic amines is 1. The molecule has 0 radical (unpaired) electrons. The molecule has 2 aromatic heterocycles. The lowest BCUT2D eigenvalue weighted by Gasteiger charge is -2.47. The predicted molar refractivity (Wildman–Crippen MR) is 188 cm³/mol. The van der Waals surface area contributed by atoms with Gasteiger partial charge in [0.2, 0.25) is 0 Å². The summed E-state index contributed by atoms with van der Waals surface area (Å²) in [6.07, 6.45) is 4.51. The molecule has 2 fully saturated rings. The topological polar surface area (TPSA) is 168 Å². The highest BCUT2D eigenvalue weighted by Crippen LogP contribution is 2.32. The number of nitrogens with one attached hydrogen (secondary N) is 2. The van der Waals surface area contributed by atoms with Crippen molar-refractivity contribution in [2.75, 3.05) is 63.9 Å². The number of morpholine rings is 1. The first-order chi connectivity index (χ1) is 22.7. The average Bonchev–Trinajstić information content (AvgIpc) is 3.71. The van der Waals surface area contributed by atoms with Crippen molar-refractivity contribution in [3.8, 4) is 5.75 Å². The van der Waals surface area contributed by atoms with E-state index in [4.69, 9.17) is 14.6 Å². The fraction of sp³-hybridized carbons (Fsp3) is 0.625. The maximum Gasteiger partial charge on any atom is 0.305 e. The third kappa shape index (κ3) is 10.5. The first kappa shape index (κ1) is 37.3. The van der Waals surface area contributed by atoms with E-state index in [0.29, 0.717) is 53.6 Å². The highest BCUT2D eigenvalue weighted by molar-refractivity contribution is 7.99. The highest BCUT2D eigenvalue weighted by Gasteiger charge is 2.41. The van der Waals surface area contributed by atoms with Crippen molar-refractivity contribution in [3.63, 3.8) is 0 Å². The molecule has 5 N–H and O–H groups in total. The number of aromatic nitrogens is 2. The van der Waals surface area contributed by atoms with Gasteiger partial charge in [0.1, 0.15) is 17.0 Å². The fourth-order valence-corrected chi connectivity index (χ4v) is 8.59. The summed E-state index contributed by atoms with van der Waals surface area (Å²) >= 11 is 4.58. The van der Waals surface area contributed by atoms with Gasteiger partial charge in [-0.05, 0) is 62.8 Å². The van der Waals surface area contributed by atoms with Crippen LogP contribution in [0.5, 0.6) is 5.75 Å². The zero-order chi connectivity index (χ0) is 33.8. The number of carbonyl (C=O) groups is 2. The number of carboxylic acid groups (broad SMARTS) is 1. The molecule has 12 nitrogen and oxygen atoms in total. The van der Waals surface area contributed by atoms with E-state index in [9.17, 15) is 19.8 Å². The molecule has 15 heteroatoms. The highest BCUT2D eigenvalue weighted by atomic mass is 32.2. The number of piperidine rings is 1. The number of amides is 1. The number of benzene rings is 1. The molecule has 1 aromatic carbocycles. The number of carbonyl (C=O) groups excluding carboxylic acids is 1. The summed E-state index contributed by atoms with van der Waals surface area (Å²) in [5, 5.41) is 33.7. The second-order valence-electron chi connectivity index (χ2n) is 12.2. The first-order valence-corrected chi connectivity index (χ1v) is 19.0. The summed E-state index contributed by atoms with van der Waals surface area (Å²) < 4.78 is 6.90. The number of hydrogen-bond acceptors (Lipinski definition) is 12. The molecule has 5 rings (SSSR count). The van der Waals surface area contributed by atoms with Gasteiger partial charge in [0, 0.05) is 43.0 Å². The minimum atomic E-state index is -0.740. The zero-order valence-electron chi connectivity index (χ0n) is 27.1. The van der Waals surface area contributed by atoms with Gasteiger partial charge in [0.15, 0.2) is 0 Å². The summed E-state index contributed by atoms with van der Waals surface area (Å²) in [7, 11) is 0. The van der Waals surface area contributed by atoms with Crippen LogP contribution in [0.2, 0.25) is 0 Å². The van der Waals surface area contributed by atoms with E-state index in [2.05, 4.69) is 34.0 Å². The van der Waals surface area contributed by atoms with Crippen molar-refractivity contribution in [2.24, 2.45) is 0 Å². The summed E-state index contributed by atoms with van der Waals surface area (Å²) in [6.45, 7) is 10.2. The lowest BCUT2D eigenvalue weighted by atomic mass is 9.89. The van der Waals surface area contributed by atoms with Crippen LogP contribution < -0.4 is 10.2 Å². The summed E-state index contributed by atoms with van der Waals surface area (Å²) in [5.74, 6) is 2.67. The van der Waals surface area contributed by atoms with Crippen molar-refractivity contribution in [1.29, 1.82) is 0 Å². The van der Waals surface area contributed by atoms with Crippen LogP contribution in [0.3, 0.4) is 0 Å². The van der Waals surface area contributed by atoms with Crippen LogP contribution in [-0.4, -0.2) is 117 Å². The SMILES string of the molecule is CC(C)c1nc(C(=O)N2CCOC3(CCN(CCCSCCCCNCC(O)c4ccc(O)c5[nH]c(=O)sc45)CC3)C2)cs1.O=CO. The Labute approximate surface area is 287 Å². The number of aromatic hydroxyl groups is 1. The summed E-state index contributed by atoms with van der Waals surface area (Å²) in [5.41, 5.74) is 1.40. The molecular formula is C32H47N5O7S3. The van der Waals surface area contributed by atoms with Crippen LogP contribution in [0.1, 0.15) is 79.0 Å². The normalized spacial score (nSPS) is 17.1. The zero-order valence-corrected chi connectivity index (χ0v) is 29.6. The standard InChI is InChI=1S/C31H45N5O5S3.CH2O2/c1-21(2)28-33-23(19-43-28)29(39)36-14-15-41-31(20-36)8-12-35(13-9-31)11-5-17-42-16-4-3-10-32-18-25(38)22-6-7-24(37)26-27(22)44-30(40)34-26;2-1-3/h6-7,19,21,25,32,37-38H,3-5,8-18,20H2,1-2H3,(H,34,40);1H,(H,2,3). The molecule has 3 aromatic rings. The molecule has 0 aliphatic carbocycles. The number of phenols is 1. The Hall–Kier alpha value is -2.53. The van der Waals surface area contributed by atoms with Gasteiger partial charge in [-0.3, -0.25) is 14.4 Å². The van der Waals surface area contributed by atoms with Gasteiger partial charge >= 0.3 is 4.87 Å². The van der Waals surface area contributed by atoms with E-state index in [1.807, 2.05) is 22.0 Å². The number of likely N-dealkylation sites (tertiary alicyclic amines) is 1. The van der Waals surface area contributed by atoms with Gasteiger partial charge in [-0.25, -0.2) is 4.98 Å².